The zero-order valence-corrected chi connectivity index (χ0v) is 22.1. The first-order valence-electron chi connectivity index (χ1n) is 13.7. The average Bonchev–Trinajstić information content (AvgIpc) is 3.39. The van der Waals surface area contributed by atoms with Gasteiger partial charge in [-0.1, -0.05) is 78.9 Å². The summed E-state index contributed by atoms with van der Waals surface area (Å²) in [4.78, 5) is 14.4. The van der Waals surface area contributed by atoms with E-state index < -0.39 is 0 Å². The first-order chi connectivity index (χ1) is 20.3. The normalized spacial score (nSPS) is 11.4. The van der Waals surface area contributed by atoms with E-state index >= 15 is 0 Å². The van der Waals surface area contributed by atoms with Gasteiger partial charge in [-0.05, 0) is 76.5 Å². The summed E-state index contributed by atoms with van der Waals surface area (Å²) in [6.07, 6.45) is 3.67. The van der Waals surface area contributed by atoms with Crippen LogP contribution in [0.25, 0.3) is 72.2 Å². The number of pyridine rings is 3. The Bertz CT molecular complexity index is 2140. The van der Waals surface area contributed by atoms with Gasteiger partial charge in [-0.2, -0.15) is 0 Å². The molecule has 0 fully saturated rings. The third kappa shape index (κ3) is 3.97. The quantitative estimate of drug-likeness (QED) is 0.231. The standard InChI is InChI=1S/C37H24N4/c1-2-11-29-25(9-1)10-7-13-30(29)27-23-34(40-35(24-27)33-15-5-6-21-38-33)26-17-19-28(20-18-26)41-36-16-4-3-12-31(36)32-14-8-22-39-37(32)41/h1-24H. The summed E-state index contributed by atoms with van der Waals surface area (Å²) in [6, 6.07) is 46.5. The molecule has 0 aliphatic carbocycles. The van der Waals surface area contributed by atoms with E-state index in [-0.39, 0.29) is 0 Å². The van der Waals surface area contributed by atoms with Crippen LogP contribution in [0.5, 0.6) is 0 Å². The molecule has 0 amide bonds. The lowest BCUT2D eigenvalue weighted by Gasteiger charge is -2.13. The Labute approximate surface area is 237 Å². The van der Waals surface area contributed by atoms with Crippen molar-refractivity contribution in [2.75, 3.05) is 0 Å². The summed E-state index contributed by atoms with van der Waals surface area (Å²) in [7, 11) is 0. The van der Waals surface area contributed by atoms with E-state index in [0.29, 0.717) is 0 Å². The first-order valence-corrected chi connectivity index (χ1v) is 13.7. The second kappa shape index (κ2) is 9.54. The molecule has 0 saturated heterocycles. The van der Waals surface area contributed by atoms with Crippen LogP contribution in [-0.2, 0) is 0 Å². The highest BCUT2D eigenvalue weighted by atomic mass is 15.0. The Morgan fingerprint density at radius 2 is 1.20 bits per heavy atom. The molecule has 0 atom stereocenters. The number of hydrogen-bond donors (Lipinski definition) is 0. The van der Waals surface area contributed by atoms with Crippen LogP contribution >= 0.6 is 0 Å². The third-order valence-corrected chi connectivity index (χ3v) is 7.71. The number of hydrogen-bond acceptors (Lipinski definition) is 3. The number of rotatable bonds is 4. The summed E-state index contributed by atoms with van der Waals surface area (Å²) in [6.45, 7) is 0. The molecule has 0 unspecified atom stereocenters. The van der Waals surface area contributed by atoms with Gasteiger partial charge in [0.25, 0.3) is 0 Å². The molecule has 41 heavy (non-hydrogen) atoms. The lowest BCUT2D eigenvalue weighted by atomic mass is 9.96. The summed E-state index contributed by atoms with van der Waals surface area (Å²) in [5.74, 6) is 0. The molecule has 4 aromatic carbocycles. The van der Waals surface area contributed by atoms with E-state index in [2.05, 4.69) is 119 Å². The van der Waals surface area contributed by atoms with E-state index in [4.69, 9.17) is 9.97 Å². The van der Waals surface area contributed by atoms with Crippen LogP contribution in [0, 0.1) is 0 Å². The van der Waals surface area contributed by atoms with Crippen molar-refractivity contribution in [2.24, 2.45) is 0 Å². The van der Waals surface area contributed by atoms with Crippen LogP contribution in [0.4, 0.5) is 0 Å². The van der Waals surface area contributed by atoms with Crippen LogP contribution in [0.3, 0.4) is 0 Å². The Morgan fingerprint density at radius 1 is 0.463 bits per heavy atom. The van der Waals surface area contributed by atoms with Crippen LogP contribution < -0.4 is 0 Å². The molecule has 4 nitrogen and oxygen atoms in total. The van der Waals surface area contributed by atoms with Crippen molar-refractivity contribution in [3.8, 4) is 39.5 Å². The molecule has 0 bridgehead atoms. The molecule has 0 spiro atoms. The van der Waals surface area contributed by atoms with Crippen molar-refractivity contribution in [1.29, 1.82) is 0 Å². The van der Waals surface area contributed by atoms with Crippen LogP contribution in [0.2, 0.25) is 0 Å². The number of fused-ring (bicyclic) bond motifs is 4. The minimum absolute atomic E-state index is 0.849. The molecule has 192 valence electrons. The number of para-hydroxylation sites is 1. The highest BCUT2D eigenvalue weighted by Gasteiger charge is 2.14. The second-order valence-corrected chi connectivity index (χ2v) is 10.1. The number of nitrogens with zero attached hydrogens (tertiary/aromatic N) is 4. The van der Waals surface area contributed by atoms with E-state index in [0.717, 1.165) is 50.4 Å². The second-order valence-electron chi connectivity index (χ2n) is 10.1. The van der Waals surface area contributed by atoms with Crippen LogP contribution in [0.1, 0.15) is 0 Å². The monoisotopic (exact) mass is 524 g/mol. The SMILES string of the molecule is c1ccc(-c2cc(-c3cccc4ccccc34)cc(-c3ccc(-n4c5ccccc5c5cccnc54)cc3)n2)nc1. The van der Waals surface area contributed by atoms with Gasteiger partial charge in [0.15, 0.2) is 0 Å². The highest BCUT2D eigenvalue weighted by molar-refractivity contribution is 6.07. The minimum Gasteiger partial charge on any atom is -0.294 e. The first kappa shape index (κ1) is 23.3. The zero-order valence-electron chi connectivity index (χ0n) is 22.1. The third-order valence-electron chi connectivity index (χ3n) is 7.71. The molecular weight excluding hydrogens is 500 g/mol. The molecule has 0 N–H and O–H groups in total. The lowest BCUT2D eigenvalue weighted by Crippen LogP contribution is -1.96. The van der Waals surface area contributed by atoms with Gasteiger partial charge < -0.3 is 0 Å². The molecule has 4 heteroatoms. The number of benzene rings is 4. The molecular formula is C37H24N4. The number of aromatic nitrogens is 4. The molecule has 4 heterocycles. The van der Waals surface area contributed by atoms with E-state index in [1.54, 1.807) is 0 Å². The van der Waals surface area contributed by atoms with Gasteiger partial charge in [-0.25, -0.2) is 9.97 Å². The minimum atomic E-state index is 0.849. The maximum absolute atomic E-state index is 5.09. The Hall–Kier alpha value is -5.61. The fraction of sp³-hybridized carbons (Fsp3) is 0. The van der Waals surface area contributed by atoms with Crippen molar-refractivity contribution in [3.63, 3.8) is 0 Å². The molecule has 0 saturated carbocycles. The Morgan fingerprint density at radius 3 is 2.07 bits per heavy atom. The molecule has 0 radical (unpaired) electrons. The van der Waals surface area contributed by atoms with Crippen molar-refractivity contribution in [1.82, 2.24) is 19.5 Å². The van der Waals surface area contributed by atoms with E-state index in [1.807, 2.05) is 36.7 Å². The Balaban J connectivity index is 1.29. The molecule has 8 aromatic rings. The molecule has 0 aliphatic rings. The maximum atomic E-state index is 5.09. The maximum Gasteiger partial charge on any atom is 0.145 e. The van der Waals surface area contributed by atoms with E-state index in [1.165, 1.54) is 21.7 Å². The smallest absolute Gasteiger partial charge is 0.145 e. The topological polar surface area (TPSA) is 43.6 Å². The van der Waals surface area contributed by atoms with Crippen molar-refractivity contribution >= 4 is 32.7 Å². The predicted octanol–water partition coefficient (Wildman–Crippen LogP) is 9.12. The summed E-state index contributed by atoms with van der Waals surface area (Å²) in [5, 5.41) is 4.78. The molecule has 8 rings (SSSR count). The van der Waals surface area contributed by atoms with Gasteiger partial charge in [-0.3, -0.25) is 9.55 Å². The zero-order chi connectivity index (χ0) is 27.2. The van der Waals surface area contributed by atoms with Gasteiger partial charge in [0, 0.05) is 34.4 Å². The van der Waals surface area contributed by atoms with Crippen LogP contribution in [-0.4, -0.2) is 19.5 Å². The Kier molecular flexibility index (Phi) is 5.42. The van der Waals surface area contributed by atoms with Crippen LogP contribution in [0.15, 0.2) is 146 Å². The van der Waals surface area contributed by atoms with E-state index in [9.17, 15) is 0 Å². The summed E-state index contributed by atoms with van der Waals surface area (Å²) in [5.41, 5.74) is 9.10. The van der Waals surface area contributed by atoms with Gasteiger partial charge in [0.2, 0.25) is 0 Å². The van der Waals surface area contributed by atoms with Crippen molar-refractivity contribution in [2.45, 2.75) is 0 Å². The fourth-order valence-electron chi connectivity index (χ4n) is 5.80. The summed E-state index contributed by atoms with van der Waals surface area (Å²) < 4.78 is 2.23. The van der Waals surface area contributed by atoms with Crippen molar-refractivity contribution in [3.05, 3.63) is 146 Å². The fourth-order valence-corrected chi connectivity index (χ4v) is 5.80. The van der Waals surface area contributed by atoms with Gasteiger partial charge in [0.1, 0.15) is 5.65 Å². The summed E-state index contributed by atoms with van der Waals surface area (Å²) >= 11 is 0. The van der Waals surface area contributed by atoms with Gasteiger partial charge in [-0.15, -0.1) is 0 Å². The largest absolute Gasteiger partial charge is 0.294 e. The predicted molar refractivity (Wildman–Crippen MR) is 168 cm³/mol. The average molecular weight is 525 g/mol. The van der Waals surface area contributed by atoms with Crippen molar-refractivity contribution < 1.29 is 0 Å². The van der Waals surface area contributed by atoms with Gasteiger partial charge >= 0.3 is 0 Å². The molecule has 0 aliphatic heterocycles. The lowest BCUT2D eigenvalue weighted by molar-refractivity contribution is 1.13. The van der Waals surface area contributed by atoms with Gasteiger partial charge in [0.05, 0.1) is 22.6 Å². The highest BCUT2D eigenvalue weighted by Crippen LogP contribution is 2.35. The molecule has 4 aromatic heterocycles.